The summed E-state index contributed by atoms with van der Waals surface area (Å²) in [6, 6.07) is 15.2. The van der Waals surface area contributed by atoms with E-state index in [1.54, 1.807) is 0 Å². The van der Waals surface area contributed by atoms with Gasteiger partial charge in [0.2, 0.25) is 0 Å². The van der Waals surface area contributed by atoms with Crippen molar-refractivity contribution in [3.63, 3.8) is 0 Å². The summed E-state index contributed by atoms with van der Waals surface area (Å²) in [7, 11) is 0. The number of benzene rings is 2. The van der Waals surface area contributed by atoms with Crippen LogP contribution in [0.5, 0.6) is 0 Å². The van der Waals surface area contributed by atoms with E-state index in [9.17, 15) is 4.39 Å². The second-order valence-corrected chi connectivity index (χ2v) is 4.44. The van der Waals surface area contributed by atoms with E-state index in [0.717, 1.165) is 12.0 Å². The summed E-state index contributed by atoms with van der Waals surface area (Å²) < 4.78 is 12.9. The second kappa shape index (κ2) is 3.85. The summed E-state index contributed by atoms with van der Waals surface area (Å²) in [5.41, 5.74) is 6.44. The Bertz CT molecular complexity index is 591. The van der Waals surface area contributed by atoms with Crippen molar-refractivity contribution in [3.05, 3.63) is 71.0 Å². The number of fused-ring (bicyclic) bond motifs is 1. The molecule has 0 N–H and O–H groups in total. The van der Waals surface area contributed by atoms with Gasteiger partial charge in [-0.15, -0.1) is 0 Å². The van der Waals surface area contributed by atoms with E-state index in [-0.39, 0.29) is 5.82 Å². The zero-order valence-corrected chi connectivity index (χ0v) is 9.70. The Labute approximate surface area is 100 Å². The third-order valence-electron chi connectivity index (χ3n) is 3.43. The first kappa shape index (κ1) is 10.3. The maximum absolute atomic E-state index is 12.9. The molecule has 3 rings (SSSR count). The lowest BCUT2D eigenvalue weighted by atomic mass is 10.0. The van der Waals surface area contributed by atoms with Crippen LogP contribution in [0.1, 0.15) is 23.6 Å². The molecule has 17 heavy (non-hydrogen) atoms. The van der Waals surface area contributed by atoms with E-state index in [4.69, 9.17) is 0 Å². The maximum Gasteiger partial charge on any atom is 0.123 e. The quantitative estimate of drug-likeness (QED) is 0.677. The van der Waals surface area contributed by atoms with Crippen LogP contribution in [0.4, 0.5) is 4.39 Å². The van der Waals surface area contributed by atoms with Crippen molar-refractivity contribution < 1.29 is 4.39 Å². The number of allylic oxidation sites excluding steroid dienone is 2. The van der Waals surface area contributed by atoms with Gasteiger partial charge in [0.25, 0.3) is 0 Å². The van der Waals surface area contributed by atoms with Crippen LogP contribution < -0.4 is 0 Å². The number of hydrogen-bond donors (Lipinski definition) is 0. The summed E-state index contributed by atoms with van der Waals surface area (Å²) in [5.74, 6) is -0.178. The standard InChI is InChI=1S/C16H13F/c1-11-15-5-3-2-4-13(15)10-16(11)12-6-8-14(17)9-7-12/h2-9H,10H2,1H3. The molecule has 0 heterocycles. The molecule has 2 aromatic rings. The van der Waals surface area contributed by atoms with E-state index in [0.29, 0.717) is 0 Å². The molecule has 1 aliphatic carbocycles. The molecule has 0 aromatic heterocycles. The van der Waals surface area contributed by atoms with Crippen LogP contribution in [0.3, 0.4) is 0 Å². The van der Waals surface area contributed by atoms with Crippen molar-refractivity contribution in [2.24, 2.45) is 0 Å². The van der Waals surface area contributed by atoms with Crippen molar-refractivity contribution in [2.45, 2.75) is 13.3 Å². The Morgan fingerprint density at radius 1 is 0.941 bits per heavy atom. The molecular weight excluding hydrogens is 211 g/mol. The van der Waals surface area contributed by atoms with E-state index in [1.807, 2.05) is 12.1 Å². The van der Waals surface area contributed by atoms with E-state index >= 15 is 0 Å². The topological polar surface area (TPSA) is 0 Å². The van der Waals surface area contributed by atoms with Crippen LogP contribution in [0.2, 0.25) is 0 Å². The van der Waals surface area contributed by atoms with Gasteiger partial charge in [-0.05, 0) is 53.3 Å². The Kier molecular flexibility index (Phi) is 2.32. The van der Waals surface area contributed by atoms with E-state index in [2.05, 4.69) is 31.2 Å². The molecule has 0 unspecified atom stereocenters. The largest absolute Gasteiger partial charge is 0.207 e. The van der Waals surface area contributed by atoms with Crippen LogP contribution >= 0.6 is 0 Å². The molecule has 2 aromatic carbocycles. The van der Waals surface area contributed by atoms with Crippen LogP contribution in [0.25, 0.3) is 11.1 Å². The molecule has 84 valence electrons. The van der Waals surface area contributed by atoms with E-state index < -0.39 is 0 Å². The van der Waals surface area contributed by atoms with E-state index in [1.165, 1.54) is 34.4 Å². The molecule has 0 bridgehead atoms. The van der Waals surface area contributed by atoms with Gasteiger partial charge < -0.3 is 0 Å². The maximum atomic E-state index is 12.9. The highest BCUT2D eigenvalue weighted by atomic mass is 19.1. The van der Waals surface area contributed by atoms with Crippen molar-refractivity contribution in [3.8, 4) is 0 Å². The lowest BCUT2D eigenvalue weighted by molar-refractivity contribution is 0.627. The van der Waals surface area contributed by atoms with Gasteiger partial charge in [0.05, 0.1) is 0 Å². The van der Waals surface area contributed by atoms with Gasteiger partial charge in [0.15, 0.2) is 0 Å². The first-order valence-corrected chi connectivity index (χ1v) is 5.79. The minimum absolute atomic E-state index is 0.178. The molecule has 0 saturated heterocycles. The number of rotatable bonds is 1. The summed E-state index contributed by atoms with van der Waals surface area (Å²) in [4.78, 5) is 0. The molecule has 0 aliphatic heterocycles. The third kappa shape index (κ3) is 1.68. The summed E-state index contributed by atoms with van der Waals surface area (Å²) in [6.07, 6.45) is 0.952. The predicted octanol–water partition coefficient (Wildman–Crippen LogP) is 4.31. The summed E-state index contributed by atoms with van der Waals surface area (Å²) in [5, 5.41) is 0. The van der Waals surface area contributed by atoms with Crippen molar-refractivity contribution in [1.82, 2.24) is 0 Å². The zero-order chi connectivity index (χ0) is 11.8. The van der Waals surface area contributed by atoms with Crippen molar-refractivity contribution in [1.29, 1.82) is 0 Å². The van der Waals surface area contributed by atoms with Crippen molar-refractivity contribution in [2.75, 3.05) is 0 Å². The molecule has 0 nitrogen and oxygen atoms in total. The monoisotopic (exact) mass is 224 g/mol. The van der Waals surface area contributed by atoms with Gasteiger partial charge in [-0.25, -0.2) is 4.39 Å². The molecule has 1 aliphatic rings. The molecule has 0 fully saturated rings. The normalized spacial score (nSPS) is 14.0. The number of hydrogen-bond acceptors (Lipinski definition) is 0. The van der Waals surface area contributed by atoms with Crippen molar-refractivity contribution >= 4 is 11.1 Å². The average molecular weight is 224 g/mol. The first-order chi connectivity index (χ1) is 8.25. The minimum atomic E-state index is -0.178. The fraction of sp³-hybridized carbons (Fsp3) is 0.125. The lowest BCUT2D eigenvalue weighted by Crippen LogP contribution is -1.86. The Hall–Kier alpha value is -1.89. The Morgan fingerprint density at radius 2 is 1.65 bits per heavy atom. The molecule has 1 heteroatoms. The zero-order valence-electron chi connectivity index (χ0n) is 9.70. The third-order valence-corrected chi connectivity index (χ3v) is 3.43. The molecule has 0 atom stereocenters. The van der Waals surface area contributed by atoms with Gasteiger partial charge in [-0.1, -0.05) is 36.4 Å². The van der Waals surface area contributed by atoms with Gasteiger partial charge in [-0.2, -0.15) is 0 Å². The highest BCUT2D eigenvalue weighted by Crippen LogP contribution is 2.37. The lowest BCUT2D eigenvalue weighted by Gasteiger charge is -2.04. The van der Waals surface area contributed by atoms with Gasteiger partial charge in [0.1, 0.15) is 5.82 Å². The second-order valence-electron chi connectivity index (χ2n) is 4.44. The minimum Gasteiger partial charge on any atom is -0.207 e. The fourth-order valence-electron chi connectivity index (χ4n) is 2.50. The van der Waals surface area contributed by atoms with Crippen LogP contribution in [-0.4, -0.2) is 0 Å². The average Bonchev–Trinajstić information content (AvgIpc) is 2.69. The predicted molar refractivity (Wildman–Crippen MR) is 69.0 cm³/mol. The highest BCUT2D eigenvalue weighted by Gasteiger charge is 2.18. The molecule has 0 radical (unpaired) electrons. The molecule has 0 saturated carbocycles. The van der Waals surface area contributed by atoms with Crippen LogP contribution in [0, 0.1) is 5.82 Å². The Morgan fingerprint density at radius 3 is 2.35 bits per heavy atom. The van der Waals surface area contributed by atoms with Crippen LogP contribution in [-0.2, 0) is 6.42 Å². The van der Waals surface area contributed by atoms with Gasteiger partial charge in [0, 0.05) is 0 Å². The number of halogens is 1. The summed E-state index contributed by atoms with van der Waals surface area (Å²) >= 11 is 0. The fourth-order valence-corrected chi connectivity index (χ4v) is 2.50. The smallest absolute Gasteiger partial charge is 0.123 e. The SMILES string of the molecule is CC1=C(c2ccc(F)cc2)Cc2ccccc21. The van der Waals surface area contributed by atoms with Gasteiger partial charge in [-0.3, -0.25) is 0 Å². The summed E-state index contributed by atoms with van der Waals surface area (Å²) in [6.45, 7) is 2.14. The highest BCUT2D eigenvalue weighted by molar-refractivity contribution is 5.96. The molecule has 0 amide bonds. The Balaban J connectivity index is 2.08. The van der Waals surface area contributed by atoms with Crippen LogP contribution in [0.15, 0.2) is 48.5 Å². The van der Waals surface area contributed by atoms with Gasteiger partial charge >= 0.3 is 0 Å². The first-order valence-electron chi connectivity index (χ1n) is 5.79. The molecule has 0 spiro atoms. The molecular formula is C16H13F.